The molecule has 1 fully saturated rings. The molecular formula is C15H14N4O2S2. The van der Waals surface area contributed by atoms with Gasteiger partial charge in [-0.2, -0.15) is 0 Å². The Morgan fingerprint density at radius 1 is 1.22 bits per heavy atom. The lowest BCUT2D eigenvalue weighted by molar-refractivity contribution is 0.545. The van der Waals surface area contributed by atoms with Crippen LogP contribution in [0.15, 0.2) is 35.8 Å². The smallest absolute Gasteiger partial charge is 0.181 e. The summed E-state index contributed by atoms with van der Waals surface area (Å²) >= 11 is 1.54. The molecule has 0 aromatic carbocycles. The van der Waals surface area contributed by atoms with Crippen LogP contribution in [0, 0.1) is 0 Å². The van der Waals surface area contributed by atoms with E-state index in [-0.39, 0.29) is 5.25 Å². The van der Waals surface area contributed by atoms with Crippen molar-refractivity contribution in [1.29, 1.82) is 0 Å². The lowest BCUT2D eigenvalue weighted by Gasteiger charge is -2.39. The standard InChI is InChI=1S/C15H14N4O2S2/c1-23(20,21)10-8-19(9-10)14-11-5-7-22-15(11)18-13(17-14)12-4-2-3-6-16-12/h2-7,10H,8-9H2,1H3. The average molecular weight is 346 g/mol. The molecule has 0 atom stereocenters. The maximum Gasteiger partial charge on any atom is 0.181 e. The van der Waals surface area contributed by atoms with Crippen LogP contribution in [-0.4, -0.2) is 48.0 Å². The minimum absolute atomic E-state index is 0.315. The Morgan fingerprint density at radius 2 is 2.04 bits per heavy atom. The van der Waals surface area contributed by atoms with Crippen LogP contribution in [0.3, 0.4) is 0 Å². The second-order valence-corrected chi connectivity index (χ2v) is 8.80. The van der Waals surface area contributed by atoms with Crippen molar-refractivity contribution in [3.05, 3.63) is 35.8 Å². The quantitative estimate of drug-likeness (QED) is 0.722. The lowest BCUT2D eigenvalue weighted by atomic mass is 10.2. The molecule has 3 aromatic rings. The van der Waals surface area contributed by atoms with Crippen LogP contribution in [0.1, 0.15) is 0 Å². The van der Waals surface area contributed by atoms with Crippen LogP contribution < -0.4 is 4.90 Å². The van der Waals surface area contributed by atoms with Gasteiger partial charge in [0.2, 0.25) is 0 Å². The van der Waals surface area contributed by atoms with Gasteiger partial charge in [-0.05, 0) is 23.6 Å². The maximum absolute atomic E-state index is 11.6. The van der Waals surface area contributed by atoms with Gasteiger partial charge < -0.3 is 4.90 Å². The summed E-state index contributed by atoms with van der Waals surface area (Å²) in [4.78, 5) is 16.4. The molecule has 1 aliphatic heterocycles. The normalized spacial score (nSPS) is 15.8. The zero-order valence-electron chi connectivity index (χ0n) is 12.4. The Hall–Kier alpha value is -2.06. The number of pyridine rings is 1. The number of fused-ring (bicyclic) bond motifs is 1. The molecule has 0 unspecified atom stereocenters. The molecule has 0 aliphatic carbocycles. The third-order valence-corrected chi connectivity index (χ3v) is 6.27. The molecule has 8 heteroatoms. The highest BCUT2D eigenvalue weighted by molar-refractivity contribution is 7.91. The third kappa shape index (κ3) is 2.57. The molecule has 0 bridgehead atoms. The topological polar surface area (TPSA) is 76.1 Å². The molecule has 0 amide bonds. The highest BCUT2D eigenvalue weighted by atomic mass is 32.2. The van der Waals surface area contributed by atoms with Gasteiger partial charge in [-0.3, -0.25) is 4.98 Å². The van der Waals surface area contributed by atoms with Crippen molar-refractivity contribution in [3.63, 3.8) is 0 Å². The number of rotatable bonds is 3. The van der Waals surface area contributed by atoms with Crippen LogP contribution in [0.5, 0.6) is 0 Å². The van der Waals surface area contributed by atoms with E-state index < -0.39 is 9.84 Å². The first kappa shape index (κ1) is 14.5. The Kier molecular flexibility index (Phi) is 3.31. The zero-order chi connectivity index (χ0) is 16.0. The van der Waals surface area contributed by atoms with E-state index >= 15 is 0 Å². The molecule has 0 N–H and O–H groups in total. The summed E-state index contributed by atoms with van der Waals surface area (Å²) in [5.74, 6) is 1.36. The summed E-state index contributed by atoms with van der Waals surface area (Å²) in [6.45, 7) is 0.949. The predicted octanol–water partition coefficient (Wildman–Crippen LogP) is 1.99. The molecule has 118 valence electrons. The highest BCUT2D eigenvalue weighted by Crippen LogP contribution is 2.33. The van der Waals surface area contributed by atoms with E-state index in [9.17, 15) is 8.42 Å². The SMILES string of the molecule is CS(=O)(=O)C1CN(c2nc(-c3ccccn3)nc3sccc23)C1. The van der Waals surface area contributed by atoms with Gasteiger partial charge in [0.15, 0.2) is 15.7 Å². The van der Waals surface area contributed by atoms with E-state index in [0.717, 1.165) is 16.0 Å². The number of thiophene rings is 1. The molecule has 0 radical (unpaired) electrons. The molecule has 3 aromatic heterocycles. The zero-order valence-corrected chi connectivity index (χ0v) is 14.0. The molecule has 4 rings (SSSR count). The van der Waals surface area contributed by atoms with Gasteiger partial charge in [0.05, 0.1) is 10.6 Å². The number of sulfone groups is 1. The Balaban J connectivity index is 1.76. The Bertz CT molecular complexity index is 964. The molecule has 1 aliphatic rings. The fourth-order valence-electron chi connectivity index (χ4n) is 2.57. The summed E-state index contributed by atoms with van der Waals surface area (Å²) < 4.78 is 23.3. The predicted molar refractivity (Wildman–Crippen MR) is 91.5 cm³/mol. The van der Waals surface area contributed by atoms with E-state index in [1.807, 2.05) is 34.5 Å². The number of nitrogens with zero attached hydrogens (tertiary/aromatic N) is 4. The minimum atomic E-state index is -3.00. The third-order valence-electron chi connectivity index (χ3n) is 3.95. The number of hydrogen-bond donors (Lipinski definition) is 0. The average Bonchev–Trinajstić information content (AvgIpc) is 2.93. The summed E-state index contributed by atoms with van der Waals surface area (Å²) in [6.07, 6.45) is 2.99. The van der Waals surface area contributed by atoms with Gasteiger partial charge in [0.25, 0.3) is 0 Å². The van der Waals surface area contributed by atoms with Crippen molar-refractivity contribution in [3.8, 4) is 11.5 Å². The van der Waals surface area contributed by atoms with Crippen molar-refractivity contribution >= 4 is 37.2 Å². The summed E-state index contributed by atoms with van der Waals surface area (Å²) in [5.41, 5.74) is 0.712. The van der Waals surface area contributed by atoms with Crippen LogP contribution in [0.4, 0.5) is 5.82 Å². The van der Waals surface area contributed by atoms with E-state index in [0.29, 0.717) is 24.6 Å². The van der Waals surface area contributed by atoms with Gasteiger partial charge >= 0.3 is 0 Å². The summed E-state index contributed by atoms with van der Waals surface area (Å²) in [5, 5.41) is 2.62. The van der Waals surface area contributed by atoms with Crippen molar-refractivity contribution in [2.75, 3.05) is 24.2 Å². The minimum Gasteiger partial charge on any atom is -0.353 e. The van der Waals surface area contributed by atoms with Crippen LogP contribution in [0.25, 0.3) is 21.7 Å². The van der Waals surface area contributed by atoms with Gasteiger partial charge in [0.1, 0.15) is 16.3 Å². The van der Waals surface area contributed by atoms with Crippen molar-refractivity contribution in [1.82, 2.24) is 15.0 Å². The van der Waals surface area contributed by atoms with Gasteiger partial charge in [-0.25, -0.2) is 18.4 Å². The van der Waals surface area contributed by atoms with Gasteiger partial charge in [-0.1, -0.05) is 6.07 Å². The Labute approximate surface area is 137 Å². The Morgan fingerprint density at radius 3 is 2.74 bits per heavy atom. The van der Waals surface area contributed by atoms with E-state index in [4.69, 9.17) is 0 Å². The molecule has 6 nitrogen and oxygen atoms in total. The van der Waals surface area contributed by atoms with Crippen molar-refractivity contribution in [2.24, 2.45) is 0 Å². The first-order valence-corrected chi connectivity index (χ1v) is 9.96. The molecule has 0 spiro atoms. The summed E-state index contributed by atoms with van der Waals surface area (Å²) in [7, 11) is -3.00. The van der Waals surface area contributed by atoms with Crippen LogP contribution in [0.2, 0.25) is 0 Å². The fraction of sp³-hybridized carbons (Fsp3) is 0.267. The van der Waals surface area contributed by atoms with Crippen molar-refractivity contribution < 1.29 is 8.42 Å². The van der Waals surface area contributed by atoms with Gasteiger partial charge in [0, 0.05) is 25.5 Å². The van der Waals surface area contributed by atoms with Crippen molar-refractivity contribution in [2.45, 2.75) is 5.25 Å². The van der Waals surface area contributed by atoms with E-state index in [1.54, 1.807) is 17.5 Å². The van der Waals surface area contributed by atoms with Crippen LogP contribution in [-0.2, 0) is 9.84 Å². The fourth-order valence-corrected chi connectivity index (χ4v) is 4.23. The van der Waals surface area contributed by atoms with Gasteiger partial charge in [-0.15, -0.1) is 11.3 Å². The van der Waals surface area contributed by atoms with Crippen LogP contribution >= 0.6 is 11.3 Å². The maximum atomic E-state index is 11.6. The number of aromatic nitrogens is 3. The van der Waals surface area contributed by atoms with E-state index in [1.165, 1.54) is 6.26 Å². The first-order valence-electron chi connectivity index (χ1n) is 7.13. The second-order valence-electron chi connectivity index (χ2n) is 5.58. The molecule has 23 heavy (non-hydrogen) atoms. The molecule has 4 heterocycles. The molecule has 0 saturated carbocycles. The number of hydrogen-bond acceptors (Lipinski definition) is 7. The first-order chi connectivity index (χ1) is 11.0. The van der Waals surface area contributed by atoms with E-state index in [2.05, 4.69) is 15.0 Å². The molecule has 1 saturated heterocycles. The number of anilines is 1. The largest absolute Gasteiger partial charge is 0.353 e. The second kappa shape index (κ2) is 5.24. The highest BCUT2D eigenvalue weighted by Gasteiger charge is 2.36. The molecular weight excluding hydrogens is 332 g/mol. The summed E-state index contributed by atoms with van der Waals surface area (Å²) in [6, 6.07) is 7.59. The lowest BCUT2D eigenvalue weighted by Crippen LogP contribution is -2.54. The monoisotopic (exact) mass is 346 g/mol.